The molecule has 1 aromatic rings. The molecule has 1 rings (SSSR count). The Morgan fingerprint density at radius 3 is 1.86 bits per heavy atom. The molecule has 0 bridgehead atoms. The minimum absolute atomic E-state index is 0. The van der Waals surface area contributed by atoms with E-state index in [0.717, 1.165) is 6.42 Å². The van der Waals surface area contributed by atoms with Crippen LogP contribution in [0.25, 0.3) is 0 Å². The summed E-state index contributed by atoms with van der Waals surface area (Å²) in [6.45, 7) is 2.26. The van der Waals surface area contributed by atoms with Crippen LogP contribution in [0.3, 0.4) is 0 Å². The van der Waals surface area contributed by atoms with E-state index in [4.69, 9.17) is 4.18 Å². The van der Waals surface area contributed by atoms with Gasteiger partial charge in [0.1, 0.15) is 5.75 Å². The average molecular weight is 335 g/mol. The van der Waals surface area contributed by atoms with Crippen LogP contribution < -0.4 is 4.18 Å². The molecular weight excluding hydrogens is 303 g/mol. The van der Waals surface area contributed by atoms with Crippen LogP contribution in [0.15, 0.2) is 30.3 Å². The van der Waals surface area contributed by atoms with E-state index in [1.807, 2.05) is 30.3 Å². The maximum atomic E-state index is 11.7. The number of hydrogen-bond acceptors (Lipinski definition) is 2. The summed E-state index contributed by atoms with van der Waals surface area (Å²) < 4.78 is 17.1. The molecule has 0 amide bonds. The topological polar surface area (TPSA) is 26.3 Å². The monoisotopic (exact) mass is 334 g/mol. The molecular formula is C18H31NaO2S. The Balaban J connectivity index is 0.00000441. The molecule has 0 aliphatic rings. The summed E-state index contributed by atoms with van der Waals surface area (Å²) in [5.74, 6) is 1.34. The van der Waals surface area contributed by atoms with Crippen LogP contribution in [0.5, 0.6) is 5.75 Å². The molecule has 0 N–H and O–H groups in total. The van der Waals surface area contributed by atoms with Gasteiger partial charge in [0.15, 0.2) is 0 Å². The second-order valence-electron chi connectivity index (χ2n) is 5.59. The summed E-state index contributed by atoms with van der Waals surface area (Å²) in [7, 11) is 0. The fourth-order valence-corrected chi connectivity index (χ4v) is 3.18. The second kappa shape index (κ2) is 16.0. The molecule has 0 fully saturated rings. The molecule has 0 aromatic heterocycles. The Hall–Kier alpha value is 0.170. The standard InChI is InChI=1S/C18H30O2S.Na.H/c1-2-3-4-5-6-7-8-9-10-14-17-21(19)20-18-15-12-11-13-16-18;;/h11-13,15-16H,2-10,14,17H2,1H3;;. The molecule has 122 valence electrons. The molecule has 0 spiro atoms. The van der Waals surface area contributed by atoms with Gasteiger partial charge < -0.3 is 4.18 Å². The number of para-hydroxylation sites is 1. The predicted octanol–water partition coefficient (Wildman–Crippen LogP) is 5.00. The predicted molar refractivity (Wildman–Crippen MR) is 99.1 cm³/mol. The molecule has 2 nitrogen and oxygen atoms in total. The molecule has 1 unspecified atom stereocenters. The molecule has 0 aliphatic carbocycles. The molecule has 0 heterocycles. The fourth-order valence-electron chi connectivity index (χ4n) is 2.33. The minimum atomic E-state index is -1.18. The van der Waals surface area contributed by atoms with Crippen molar-refractivity contribution in [2.24, 2.45) is 0 Å². The van der Waals surface area contributed by atoms with E-state index in [0.29, 0.717) is 11.5 Å². The van der Waals surface area contributed by atoms with E-state index in [9.17, 15) is 4.21 Å². The van der Waals surface area contributed by atoms with Gasteiger partial charge in [0, 0.05) is 0 Å². The number of hydrogen-bond donors (Lipinski definition) is 0. The van der Waals surface area contributed by atoms with Gasteiger partial charge in [-0.05, 0) is 18.6 Å². The molecule has 4 heteroatoms. The van der Waals surface area contributed by atoms with E-state index in [1.54, 1.807) is 0 Å². The second-order valence-corrected chi connectivity index (χ2v) is 6.77. The third kappa shape index (κ3) is 12.7. The Kier molecular flexibility index (Phi) is 16.2. The van der Waals surface area contributed by atoms with Gasteiger partial charge in [-0.1, -0.05) is 82.9 Å². The van der Waals surface area contributed by atoms with Gasteiger partial charge in [0.2, 0.25) is 11.1 Å². The quantitative estimate of drug-likeness (QED) is 0.375. The first-order valence-electron chi connectivity index (χ1n) is 8.44. The zero-order valence-electron chi connectivity index (χ0n) is 13.4. The molecule has 0 aliphatic heterocycles. The molecule has 1 aromatic carbocycles. The van der Waals surface area contributed by atoms with E-state index < -0.39 is 11.1 Å². The van der Waals surface area contributed by atoms with Crippen LogP contribution in [0.2, 0.25) is 0 Å². The van der Waals surface area contributed by atoms with Crippen LogP contribution >= 0.6 is 0 Å². The molecule has 0 saturated carbocycles. The van der Waals surface area contributed by atoms with Crippen molar-refractivity contribution in [3.05, 3.63) is 30.3 Å². The Bertz CT molecular complexity index is 371. The van der Waals surface area contributed by atoms with Gasteiger partial charge in [0.25, 0.3) is 0 Å². The van der Waals surface area contributed by atoms with Crippen molar-refractivity contribution in [1.82, 2.24) is 0 Å². The van der Waals surface area contributed by atoms with Crippen molar-refractivity contribution < 1.29 is 8.39 Å². The van der Waals surface area contributed by atoms with Crippen molar-refractivity contribution in [2.75, 3.05) is 5.75 Å². The van der Waals surface area contributed by atoms with Gasteiger partial charge >= 0.3 is 29.6 Å². The van der Waals surface area contributed by atoms with E-state index >= 15 is 0 Å². The summed E-state index contributed by atoms with van der Waals surface area (Å²) in [6.07, 6.45) is 13.0. The Labute approximate surface area is 161 Å². The zero-order chi connectivity index (χ0) is 15.2. The third-order valence-electron chi connectivity index (χ3n) is 3.60. The van der Waals surface area contributed by atoms with Gasteiger partial charge in [-0.2, -0.15) is 0 Å². The molecule has 1 atom stereocenters. The third-order valence-corrected chi connectivity index (χ3v) is 4.60. The van der Waals surface area contributed by atoms with Crippen molar-refractivity contribution in [1.29, 1.82) is 0 Å². The van der Waals surface area contributed by atoms with Crippen LogP contribution in [-0.4, -0.2) is 39.5 Å². The van der Waals surface area contributed by atoms with Crippen molar-refractivity contribution in [2.45, 2.75) is 71.1 Å². The normalized spacial score (nSPS) is 11.7. The number of benzene rings is 1. The summed E-state index contributed by atoms with van der Waals surface area (Å²) in [5, 5.41) is 0. The van der Waals surface area contributed by atoms with Crippen LogP contribution in [0.4, 0.5) is 0 Å². The number of rotatable bonds is 13. The zero-order valence-corrected chi connectivity index (χ0v) is 14.2. The van der Waals surface area contributed by atoms with Crippen molar-refractivity contribution in [3.8, 4) is 5.75 Å². The van der Waals surface area contributed by atoms with Gasteiger partial charge in [-0.15, -0.1) is 0 Å². The van der Waals surface area contributed by atoms with Gasteiger partial charge in [-0.25, -0.2) is 4.21 Å². The molecule has 0 radical (unpaired) electrons. The summed E-state index contributed by atoms with van der Waals surface area (Å²) in [6, 6.07) is 9.41. The van der Waals surface area contributed by atoms with E-state index in [-0.39, 0.29) is 29.6 Å². The summed E-state index contributed by atoms with van der Waals surface area (Å²) in [5.41, 5.74) is 0. The molecule has 22 heavy (non-hydrogen) atoms. The van der Waals surface area contributed by atoms with E-state index in [2.05, 4.69) is 6.92 Å². The van der Waals surface area contributed by atoms with Gasteiger partial charge in [-0.3, -0.25) is 0 Å². The van der Waals surface area contributed by atoms with E-state index in [1.165, 1.54) is 57.8 Å². The first-order chi connectivity index (χ1) is 10.3. The Morgan fingerprint density at radius 1 is 0.818 bits per heavy atom. The van der Waals surface area contributed by atoms with Gasteiger partial charge in [0.05, 0.1) is 5.75 Å². The SMILES string of the molecule is CCCCCCCCCCCCS(=O)Oc1ccccc1.[NaH]. The van der Waals surface area contributed by atoms with Crippen molar-refractivity contribution in [3.63, 3.8) is 0 Å². The summed E-state index contributed by atoms with van der Waals surface area (Å²) >= 11 is -1.18. The Morgan fingerprint density at radius 2 is 1.32 bits per heavy atom. The van der Waals surface area contributed by atoms with Crippen molar-refractivity contribution >= 4 is 40.6 Å². The fraction of sp³-hybridized carbons (Fsp3) is 0.667. The first kappa shape index (κ1) is 22.2. The number of unbranched alkanes of at least 4 members (excludes halogenated alkanes) is 9. The molecule has 0 saturated heterocycles. The maximum absolute atomic E-state index is 11.7. The first-order valence-corrected chi connectivity index (χ1v) is 9.69. The summed E-state index contributed by atoms with van der Waals surface area (Å²) in [4.78, 5) is 0. The van der Waals surface area contributed by atoms with Crippen LogP contribution in [0, 0.1) is 0 Å². The van der Waals surface area contributed by atoms with Crippen LogP contribution in [0.1, 0.15) is 71.1 Å². The van der Waals surface area contributed by atoms with Crippen LogP contribution in [-0.2, 0) is 11.1 Å². The average Bonchev–Trinajstić information content (AvgIpc) is 2.50.